The maximum atomic E-state index is 12.8. The van der Waals surface area contributed by atoms with Crippen LogP contribution in [0.25, 0.3) is 10.9 Å². The summed E-state index contributed by atoms with van der Waals surface area (Å²) >= 11 is 12.1. The van der Waals surface area contributed by atoms with Crippen LogP contribution in [0.1, 0.15) is 18.5 Å². The summed E-state index contributed by atoms with van der Waals surface area (Å²) in [6.45, 7) is 8.67. The Morgan fingerprint density at radius 1 is 1.27 bits per heavy atom. The van der Waals surface area contributed by atoms with Gasteiger partial charge in [-0.2, -0.15) is 0 Å². The number of fused-ring (bicyclic) bond motifs is 1. The second-order valence-electron chi connectivity index (χ2n) is 9.16. The number of benzene rings is 1. The van der Waals surface area contributed by atoms with Crippen LogP contribution >= 0.6 is 23.2 Å². The number of pyridine rings is 1. The molecule has 9 heteroatoms. The summed E-state index contributed by atoms with van der Waals surface area (Å²) in [5, 5.41) is 8.00. The van der Waals surface area contributed by atoms with Crippen LogP contribution in [0.3, 0.4) is 0 Å². The van der Waals surface area contributed by atoms with Crippen LogP contribution in [0.5, 0.6) is 0 Å². The van der Waals surface area contributed by atoms with Crippen molar-refractivity contribution in [3.05, 3.63) is 95.0 Å². The molecule has 0 unspecified atom stereocenters. The first-order valence-electron chi connectivity index (χ1n) is 13.3. The number of aromatic nitrogens is 1. The van der Waals surface area contributed by atoms with Crippen LogP contribution in [0.2, 0.25) is 5.02 Å². The molecule has 7 nitrogen and oxygen atoms in total. The minimum absolute atomic E-state index is 0.162. The van der Waals surface area contributed by atoms with Gasteiger partial charge in [0.05, 0.1) is 23.5 Å². The van der Waals surface area contributed by atoms with Crippen molar-refractivity contribution >= 4 is 45.7 Å². The molecule has 2 rings (SSSR count). The van der Waals surface area contributed by atoms with Crippen molar-refractivity contribution in [2.45, 2.75) is 19.8 Å². The molecule has 4 N–H and O–H groups in total. The van der Waals surface area contributed by atoms with E-state index >= 15 is 0 Å². The van der Waals surface area contributed by atoms with E-state index in [1.54, 1.807) is 31.4 Å². The van der Waals surface area contributed by atoms with Crippen molar-refractivity contribution in [1.29, 1.82) is 0 Å². The van der Waals surface area contributed by atoms with E-state index in [1.807, 2.05) is 43.3 Å². The monoisotopic (exact) mass is 595 g/mol. The van der Waals surface area contributed by atoms with E-state index in [4.69, 9.17) is 40.1 Å². The number of methoxy groups -OCH3 is 1. The van der Waals surface area contributed by atoms with Crippen molar-refractivity contribution in [2.24, 2.45) is 5.73 Å². The molecule has 0 aliphatic rings. The lowest BCUT2D eigenvalue weighted by atomic mass is 10.1. The number of amides is 1. The molecule has 0 bridgehead atoms. The smallest absolute Gasteiger partial charge is 0.225 e. The number of hydrogen-bond donors (Lipinski definition) is 3. The van der Waals surface area contributed by atoms with Gasteiger partial charge in [-0.15, -0.1) is 18.0 Å². The number of halogens is 2. The first kappa shape index (κ1) is 33.7. The fourth-order valence-electron chi connectivity index (χ4n) is 4.06. The minimum Gasteiger partial charge on any atom is -0.397 e. The maximum Gasteiger partial charge on any atom is 0.225 e. The van der Waals surface area contributed by atoms with Crippen molar-refractivity contribution in [3.63, 3.8) is 0 Å². The molecular weight excluding hydrogens is 557 g/mol. The largest absolute Gasteiger partial charge is 0.397 e. The number of rotatable bonds is 17. The van der Waals surface area contributed by atoms with Crippen molar-refractivity contribution in [1.82, 2.24) is 15.2 Å². The number of nitrogens with zero attached hydrogens (tertiary/aromatic N) is 2. The molecule has 1 amide bonds. The topological polar surface area (TPSA) is 92.5 Å². The number of terminal acetylenes is 1. The summed E-state index contributed by atoms with van der Waals surface area (Å²) in [6.07, 6.45) is 17.0. The molecule has 0 aliphatic heterocycles. The summed E-state index contributed by atoms with van der Waals surface area (Å²) in [5.41, 5.74) is 10.7. The summed E-state index contributed by atoms with van der Waals surface area (Å²) in [5.74, 6) is 2.66. The molecule has 0 saturated carbocycles. The van der Waals surface area contributed by atoms with Gasteiger partial charge in [0.1, 0.15) is 0 Å². The van der Waals surface area contributed by atoms with Crippen LogP contribution in [-0.4, -0.2) is 61.6 Å². The van der Waals surface area contributed by atoms with E-state index in [-0.39, 0.29) is 18.2 Å². The number of nitrogens with one attached hydrogen (secondary N) is 2. The van der Waals surface area contributed by atoms with Crippen LogP contribution in [0.15, 0.2) is 84.3 Å². The first-order chi connectivity index (χ1) is 19.8. The number of anilines is 1. The highest BCUT2D eigenvalue weighted by atomic mass is 35.5. The predicted octanol–water partition coefficient (Wildman–Crippen LogP) is 5.72. The number of ether oxygens (including phenoxy) is 1. The van der Waals surface area contributed by atoms with Crippen LogP contribution in [0, 0.1) is 19.3 Å². The summed E-state index contributed by atoms with van der Waals surface area (Å²) in [7, 11) is 1.64. The van der Waals surface area contributed by atoms with Crippen LogP contribution in [-0.2, 0) is 9.53 Å². The Hall–Kier alpha value is -3.54. The lowest BCUT2D eigenvalue weighted by molar-refractivity contribution is -0.120. The lowest BCUT2D eigenvalue weighted by Gasteiger charge is -2.23. The van der Waals surface area contributed by atoms with E-state index in [1.165, 1.54) is 0 Å². The molecule has 0 radical (unpaired) electrons. The Bertz CT molecular complexity index is 1340. The zero-order valence-corrected chi connectivity index (χ0v) is 25.3. The van der Waals surface area contributed by atoms with Crippen molar-refractivity contribution in [2.75, 3.05) is 51.1 Å². The average Bonchev–Trinajstić information content (AvgIpc) is 2.94. The summed E-state index contributed by atoms with van der Waals surface area (Å²) < 4.78 is 5.11. The number of carbonyl (C=O) groups excluding carboxylic acids is 1. The Balaban J connectivity index is 2.14. The fourth-order valence-corrected chi connectivity index (χ4v) is 4.39. The second kappa shape index (κ2) is 18.7. The molecule has 41 heavy (non-hydrogen) atoms. The van der Waals surface area contributed by atoms with Gasteiger partial charge < -0.3 is 26.0 Å². The molecule has 0 saturated heterocycles. The van der Waals surface area contributed by atoms with Crippen molar-refractivity contribution in [3.8, 4) is 12.3 Å². The predicted molar refractivity (Wildman–Crippen MR) is 173 cm³/mol. The molecule has 0 atom stereocenters. The Morgan fingerprint density at radius 3 is 2.76 bits per heavy atom. The van der Waals surface area contributed by atoms with Gasteiger partial charge in [0.2, 0.25) is 5.91 Å². The summed E-state index contributed by atoms with van der Waals surface area (Å²) in [4.78, 5) is 19.7. The standard InChI is InChI=1S/C32H39Cl2N5O2/c1-5-8-25(10-7-21-41-4)14-18-39(19-15-32(40)38-30(13-16-33)28(35)9-6-2)20-17-36-31-22-24(3)37-29-12-11-26(34)23-27(29)31/h1,6-13,22-23H,2,14-21,35H2,3-4H3,(H,36,37)(H,38,40)/b10-7-,25-8+,28-9+,30-13+. The Morgan fingerprint density at radius 2 is 2.05 bits per heavy atom. The average molecular weight is 597 g/mol. The SMILES string of the molecule is C#C/C=C(\C=C/COC)CCN(CCNc1cc(C)nc2ccc(Cl)cc12)CCC(=O)NC(=C/CCl)/C(N)=C\C=C. The van der Waals surface area contributed by atoms with Gasteiger partial charge >= 0.3 is 0 Å². The number of allylic oxidation sites excluding steroid dienone is 5. The number of nitrogens with two attached hydrogens (primary N) is 1. The summed E-state index contributed by atoms with van der Waals surface area (Å²) in [6, 6.07) is 7.68. The van der Waals surface area contributed by atoms with E-state index in [0.29, 0.717) is 55.6 Å². The van der Waals surface area contributed by atoms with Gasteiger partial charge in [-0.25, -0.2) is 0 Å². The Kier molecular flexibility index (Phi) is 15.4. The highest BCUT2D eigenvalue weighted by Crippen LogP contribution is 2.26. The fraction of sp³-hybridized carbons (Fsp3) is 0.312. The molecule has 1 aromatic heterocycles. The third-order valence-corrected chi connectivity index (χ3v) is 6.43. The van der Waals surface area contributed by atoms with E-state index in [2.05, 4.69) is 33.0 Å². The molecule has 0 aliphatic carbocycles. The molecule has 1 aromatic carbocycles. The highest BCUT2D eigenvalue weighted by molar-refractivity contribution is 6.31. The zero-order valence-electron chi connectivity index (χ0n) is 23.8. The van der Waals surface area contributed by atoms with E-state index in [9.17, 15) is 4.79 Å². The first-order valence-corrected chi connectivity index (χ1v) is 14.2. The van der Waals surface area contributed by atoms with Gasteiger partial charge in [0.15, 0.2) is 0 Å². The number of aryl methyl sites for hydroxylation is 1. The van der Waals surface area contributed by atoms with Gasteiger partial charge in [0, 0.05) is 67.4 Å². The normalized spacial score (nSPS) is 12.6. The van der Waals surface area contributed by atoms with Gasteiger partial charge in [0.25, 0.3) is 0 Å². The third kappa shape index (κ3) is 12.2. The molecule has 0 fully saturated rings. The Labute approximate surface area is 253 Å². The second-order valence-corrected chi connectivity index (χ2v) is 9.91. The number of hydrogen-bond acceptors (Lipinski definition) is 6. The number of alkyl halides is 1. The number of carbonyl (C=O) groups is 1. The van der Waals surface area contributed by atoms with E-state index in [0.717, 1.165) is 27.9 Å². The van der Waals surface area contributed by atoms with Gasteiger partial charge in [-0.05, 0) is 61.4 Å². The minimum atomic E-state index is -0.162. The van der Waals surface area contributed by atoms with Crippen molar-refractivity contribution < 1.29 is 9.53 Å². The quantitative estimate of drug-likeness (QED) is 0.123. The zero-order chi connectivity index (χ0) is 30.0. The van der Waals surface area contributed by atoms with E-state index < -0.39 is 0 Å². The molecule has 1 heterocycles. The van der Waals surface area contributed by atoms with Crippen LogP contribution < -0.4 is 16.4 Å². The lowest BCUT2D eigenvalue weighted by Crippen LogP contribution is -2.35. The van der Waals surface area contributed by atoms with Gasteiger partial charge in [-0.1, -0.05) is 42.3 Å². The molecule has 218 valence electrons. The van der Waals surface area contributed by atoms with Gasteiger partial charge in [-0.3, -0.25) is 9.78 Å². The molecular formula is C32H39Cl2N5O2. The highest BCUT2D eigenvalue weighted by Gasteiger charge is 2.12. The van der Waals surface area contributed by atoms with Crippen LogP contribution in [0.4, 0.5) is 5.69 Å². The third-order valence-electron chi connectivity index (χ3n) is 6.04. The maximum absolute atomic E-state index is 12.8. The molecule has 0 spiro atoms. The molecule has 2 aromatic rings.